The average Bonchev–Trinajstić information content (AvgIpc) is 3.68. The van der Waals surface area contributed by atoms with Crippen molar-refractivity contribution in [2.45, 2.75) is 32.9 Å². The number of hydrogen-bond acceptors (Lipinski definition) is 8. The number of likely N-dealkylation sites (tertiary alicyclic amines) is 1. The van der Waals surface area contributed by atoms with E-state index < -0.39 is 15.6 Å². The van der Waals surface area contributed by atoms with Gasteiger partial charge in [0.1, 0.15) is 28.5 Å². The van der Waals surface area contributed by atoms with Crippen molar-refractivity contribution in [3.05, 3.63) is 95.6 Å². The number of benzene rings is 3. The molecule has 53 heavy (non-hydrogen) atoms. The maximum absolute atomic E-state index is 15.3. The predicted octanol–water partition coefficient (Wildman–Crippen LogP) is 6.52. The minimum Gasteiger partial charge on any atom is -0.455 e. The lowest BCUT2D eigenvalue weighted by Gasteiger charge is -2.45. The Balaban J connectivity index is 1.36. The molecule has 0 bridgehead atoms. The lowest BCUT2D eigenvalue weighted by Crippen LogP contribution is -2.55. The van der Waals surface area contributed by atoms with E-state index in [1.807, 2.05) is 61.6 Å². The van der Waals surface area contributed by atoms with E-state index in [4.69, 9.17) is 14.4 Å². The first-order valence-corrected chi connectivity index (χ1v) is 19.1. The Morgan fingerprint density at radius 1 is 1.04 bits per heavy atom. The van der Waals surface area contributed by atoms with Gasteiger partial charge in [0.05, 0.1) is 51.9 Å². The Kier molecular flexibility index (Phi) is 8.09. The summed E-state index contributed by atoms with van der Waals surface area (Å²) in [7, 11) is -0.757. The van der Waals surface area contributed by atoms with Crippen molar-refractivity contribution in [2.75, 3.05) is 37.7 Å². The second kappa shape index (κ2) is 12.4. The van der Waals surface area contributed by atoms with Crippen LogP contribution in [-0.4, -0.2) is 77.7 Å². The van der Waals surface area contributed by atoms with Gasteiger partial charge in [0.25, 0.3) is 5.91 Å². The number of sulfonamides is 1. The minimum atomic E-state index is -3.76. The summed E-state index contributed by atoms with van der Waals surface area (Å²) in [6, 6.07) is 21.3. The molecular formula is C40H39FN6O5S. The molecule has 0 atom stereocenters. The Labute approximate surface area is 305 Å². The zero-order chi connectivity index (χ0) is 37.6. The van der Waals surface area contributed by atoms with E-state index in [1.165, 1.54) is 13.1 Å². The summed E-state index contributed by atoms with van der Waals surface area (Å²) in [6.07, 6.45) is 1.11. The summed E-state index contributed by atoms with van der Waals surface area (Å²) in [4.78, 5) is 25.8. The van der Waals surface area contributed by atoms with Crippen LogP contribution in [0.15, 0.2) is 77.2 Å². The Morgan fingerprint density at radius 2 is 1.77 bits per heavy atom. The topological polar surface area (TPSA) is 133 Å². The number of aromatic nitrogens is 3. The minimum absolute atomic E-state index is 0.130. The van der Waals surface area contributed by atoms with Crippen molar-refractivity contribution < 1.29 is 27.1 Å². The van der Waals surface area contributed by atoms with Crippen LogP contribution in [0, 0.1) is 18.7 Å². The maximum Gasteiger partial charge on any atom is 0.255 e. The highest BCUT2D eigenvalue weighted by molar-refractivity contribution is 7.92. The Morgan fingerprint density at radius 3 is 2.45 bits per heavy atom. The number of furan rings is 1. The standard InChI is InChI=1S/C40H39FN6O5S/c1-22-10-12-23(13-11-22)38-36(39(48)42-4)27-16-26(32(18-34(27)52-38)45(5)53(6,50)51)29-14-15-30-37(44-29)33-17-25-28(41)8-7-9-31(25)47(33)35(43-30)21-46-19-24(20-46)40(2,3)49/h7-18,24,49H,19-21H2,1-6H3,(H,42,48). The Bertz CT molecular complexity index is 2730. The molecule has 0 saturated carbocycles. The van der Waals surface area contributed by atoms with Crippen LogP contribution >= 0.6 is 0 Å². The second-order valence-corrected chi connectivity index (χ2v) is 16.5. The number of aliphatic hydroxyl groups is 1. The van der Waals surface area contributed by atoms with Crippen LogP contribution in [0.3, 0.4) is 0 Å². The number of carbonyl (C=O) groups excluding carboxylic acids is 1. The molecule has 272 valence electrons. The summed E-state index contributed by atoms with van der Waals surface area (Å²) >= 11 is 0. The van der Waals surface area contributed by atoms with Crippen LogP contribution in [0.2, 0.25) is 0 Å². The van der Waals surface area contributed by atoms with Gasteiger partial charge in [0.2, 0.25) is 10.0 Å². The zero-order valence-corrected chi connectivity index (χ0v) is 31.0. The molecule has 0 radical (unpaired) electrons. The number of pyridine rings is 1. The van der Waals surface area contributed by atoms with Crippen molar-refractivity contribution >= 4 is 60.0 Å². The number of rotatable bonds is 8. The highest BCUT2D eigenvalue weighted by Gasteiger charge is 2.38. The van der Waals surface area contributed by atoms with E-state index in [-0.39, 0.29) is 17.6 Å². The van der Waals surface area contributed by atoms with Crippen molar-refractivity contribution in [3.63, 3.8) is 0 Å². The van der Waals surface area contributed by atoms with Gasteiger partial charge in [0, 0.05) is 61.1 Å². The van der Waals surface area contributed by atoms with Gasteiger partial charge in [0.15, 0.2) is 0 Å². The molecule has 7 aromatic rings. The third-order valence-electron chi connectivity index (χ3n) is 10.4. The van der Waals surface area contributed by atoms with Crippen LogP contribution < -0.4 is 9.62 Å². The molecule has 1 amide bonds. The number of anilines is 1. The number of hydrogen-bond donors (Lipinski definition) is 2. The molecule has 1 fully saturated rings. The normalized spacial score (nSPS) is 14.4. The molecule has 1 aliphatic rings. The summed E-state index contributed by atoms with van der Waals surface area (Å²) < 4.78 is 50.8. The van der Waals surface area contributed by atoms with E-state index in [0.717, 1.165) is 16.1 Å². The lowest BCUT2D eigenvalue weighted by atomic mass is 9.84. The molecule has 0 unspecified atom stereocenters. The van der Waals surface area contributed by atoms with E-state index in [0.29, 0.717) is 97.7 Å². The molecule has 0 aliphatic carbocycles. The number of aryl methyl sites for hydroxylation is 1. The lowest BCUT2D eigenvalue weighted by molar-refractivity contribution is -0.0655. The summed E-state index contributed by atoms with van der Waals surface area (Å²) in [6.45, 7) is 7.48. The van der Waals surface area contributed by atoms with Gasteiger partial charge in [-0.15, -0.1) is 0 Å². The highest BCUT2D eigenvalue weighted by Crippen LogP contribution is 2.42. The number of amides is 1. The summed E-state index contributed by atoms with van der Waals surface area (Å²) in [5.41, 5.74) is 5.10. The fourth-order valence-electron chi connectivity index (χ4n) is 7.20. The van der Waals surface area contributed by atoms with E-state index in [2.05, 4.69) is 10.2 Å². The third-order valence-corrected chi connectivity index (χ3v) is 11.6. The first kappa shape index (κ1) is 34.7. The molecule has 5 heterocycles. The van der Waals surface area contributed by atoms with Gasteiger partial charge in [-0.05, 0) is 57.2 Å². The molecular weight excluding hydrogens is 696 g/mol. The third kappa shape index (κ3) is 5.88. The van der Waals surface area contributed by atoms with E-state index in [1.54, 1.807) is 37.4 Å². The van der Waals surface area contributed by atoms with Gasteiger partial charge in [-0.3, -0.25) is 18.4 Å². The first-order chi connectivity index (χ1) is 25.1. The quantitative estimate of drug-likeness (QED) is 0.180. The Hall–Kier alpha value is -5.37. The molecule has 11 nitrogen and oxygen atoms in total. The van der Waals surface area contributed by atoms with Crippen molar-refractivity contribution in [1.82, 2.24) is 24.6 Å². The van der Waals surface area contributed by atoms with Gasteiger partial charge in [-0.25, -0.2) is 22.8 Å². The first-order valence-electron chi connectivity index (χ1n) is 17.3. The predicted molar refractivity (Wildman–Crippen MR) is 205 cm³/mol. The number of nitrogens with zero attached hydrogens (tertiary/aromatic N) is 5. The van der Waals surface area contributed by atoms with E-state index >= 15 is 4.39 Å². The smallest absolute Gasteiger partial charge is 0.255 e. The summed E-state index contributed by atoms with van der Waals surface area (Å²) in [5, 5.41) is 14.1. The largest absolute Gasteiger partial charge is 0.455 e. The van der Waals surface area contributed by atoms with Gasteiger partial charge < -0.3 is 14.8 Å². The molecule has 0 spiro atoms. The fourth-order valence-corrected chi connectivity index (χ4v) is 7.71. The highest BCUT2D eigenvalue weighted by atomic mass is 32.2. The molecule has 13 heteroatoms. The van der Waals surface area contributed by atoms with Gasteiger partial charge in [-0.1, -0.05) is 35.9 Å². The second-order valence-electron chi connectivity index (χ2n) is 14.5. The zero-order valence-electron chi connectivity index (χ0n) is 30.2. The molecule has 2 N–H and O–H groups in total. The number of halogens is 1. The van der Waals surface area contributed by atoms with Gasteiger partial charge >= 0.3 is 0 Å². The van der Waals surface area contributed by atoms with Crippen molar-refractivity contribution in [1.29, 1.82) is 0 Å². The number of fused-ring (bicyclic) bond motifs is 6. The van der Waals surface area contributed by atoms with Gasteiger partial charge in [-0.2, -0.15) is 0 Å². The SMILES string of the molecule is CNC(=O)c1c(-c2ccc(C)cc2)oc2cc(N(C)S(C)(=O)=O)c(-c3ccc4nc(CN5CC(C(C)(C)O)C5)n5c6cccc(F)c6cc5c4n3)cc12. The van der Waals surface area contributed by atoms with Crippen molar-refractivity contribution in [3.8, 4) is 22.6 Å². The fraction of sp³-hybridized carbons (Fsp3) is 0.275. The van der Waals surface area contributed by atoms with Crippen molar-refractivity contribution in [2.24, 2.45) is 5.92 Å². The maximum atomic E-state index is 15.3. The van der Waals surface area contributed by atoms with Crippen LogP contribution in [0.5, 0.6) is 0 Å². The molecule has 8 rings (SSSR count). The molecule has 1 aliphatic heterocycles. The monoisotopic (exact) mass is 734 g/mol. The average molecular weight is 735 g/mol. The van der Waals surface area contributed by atoms with Crippen LogP contribution in [0.1, 0.15) is 35.6 Å². The number of nitrogens with one attached hydrogen (secondary N) is 1. The van der Waals surface area contributed by atoms with Crippen LogP contribution in [0.4, 0.5) is 10.1 Å². The van der Waals surface area contributed by atoms with Crippen LogP contribution in [-0.2, 0) is 16.6 Å². The molecule has 3 aromatic carbocycles. The molecule has 4 aromatic heterocycles. The molecule has 1 saturated heterocycles. The van der Waals surface area contributed by atoms with E-state index in [9.17, 15) is 18.3 Å². The number of carbonyl (C=O) groups is 1. The summed E-state index contributed by atoms with van der Waals surface area (Å²) in [5.74, 6) is 0.448. The van der Waals surface area contributed by atoms with Crippen LogP contribution in [0.25, 0.3) is 61.0 Å².